The third kappa shape index (κ3) is 4.98. The Bertz CT molecular complexity index is 1270. The van der Waals surface area contributed by atoms with Gasteiger partial charge in [0, 0.05) is 19.2 Å². The van der Waals surface area contributed by atoms with Gasteiger partial charge in [0.05, 0.1) is 47.7 Å². The van der Waals surface area contributed by atoms with Crippen LogP contribution in [0.1, 0.15) is 26.5 Å². The van der Waals surface area contributed by atoms with Gasteiger partial charge in [0.2, 0.25) is 0 Å². The lowest BCUT2D eigenvalue weighted by atomic mass is 10.1. The number of fused-ring (bicyclic) bond motifs is 1. The standard InChI is InChI=1S/C24H24N4O4S/c1-31-20-13-16(18(14-21(20)32-2)27-24(30)22-9-5-12-33-22)23(29)25-10-6-11-28-15-26-17-7-3-4-8-19(17)28/h3-5,7-9,12-15H,6,10-11H2,1-2H3,(H,25,29)(H,27,30). The number of hydrogen-bond acceptors (Lipinski definition) is 6. The molecule has 33 heavy (non-hydrogen) atoms. The van der Waals surface area contributed by atoms with Crippen LogP contribution in [0.5, 0.6) is 11.5 Å². The SMILES string of the molecule is COc1cc(NC(=O)c2cccs2)c(C(=O)NCCCn2cnc3ccccc32)cc1OC. The number of hydrogen-bond donors (Lipinski definition) is 2. The van der Waals surface area contributed by atoms with E-state index < -0.39 is 0 Å². The maximum absolute atomic E-state index is 13.0. The summed E-state index contributed by atoms with van der Waals surface area (Å²) in [7, 11) is 3.00. The van der Waals surface area contributed by atoms with Crippen LogP contribution in [0.25, 0.3) is 11.0 Å². The number of amides is 2. The molecule has 4 aromatic rings. The Morgan fingerprint density at radius 1 is 1.03 bits per heavy atom. The lowest BCUT2D eigenvalue weighted by molar-refractivity contribution is 0.0953. The highest BCUT2D eigenvalue weighted by molar-refractivity contribution is 7.12. The van der Waals surface area contributed by atoms with Crippen molar-refractivity contribution in [1.29, 1.82) is 0 Å². The Hall–Kier alpha value is -3.85. The number of carbonyl (C=O) groups excluding carboxylic acids is 2. The summed E-state index contributed by atoms with van der Waals surface area (Å²) >= 11 is 1.32. The van der Waals surface area contributed by atoms with Crippen molar-refractivity contribution in [3.63, 3.8) is 0 Å². The second-order valence-corrected chi connectivity index (χ2v) is 8.17. The molecule has 0 radical (unpaired) electrons. The number of methoxy groups -OCH3 is 2. The van der Waals surface area contributed by atoms with Gasteiger partial charge in [-0.25, -0.2) is 4.98 Å². The molecule has 4 rings (SSSR count). The Morgan fingerprint density at radius 3 is 2.58 bits per heavy atom. The van der Waals surface area contributed by atoms with Gasteiger partial charge in [0.1, 0.15) is 0 Å². The van der Waals surface area contributed by atoms with Crippen LogP contribution in [0.2, 0.25) is 0 Å². The molecule has 0 aliphatic carbocycles. The largest absolute Gasteiger partial charge is 0.493 e. The van der Waals surface area contributed by atoms with E-state index in [9.17, 15) is 9.59 Å². The molecule has 0 aliphatic heterocycles. The van der Waals surface area contributed by atoms with Crippen LogP contribution in [0.3, 0.4) is 0 Å². The van der Waals surface area contributed by atoms with E-state index in [-0.39, 0.29) is 11.8 Å². The number of ether oxygens (including phenoxy) is 2. The van der Waals surface area contributed by atoms with Crippen molar-refractivity contribution in [1.82, 2.24) is 14.9 Å². The molecule has 8 nitrogen and oxygen atoms in total. The number of benzene rings is 2. The monoisotopic (exact) mass is 464 g/mol. The van der Waals surface area contributed by atoms with Crippen LogP contribution in [0.4, 0.5) is 5.69 Å². The zero-order valence-corrected chi connectivity index (χ0v) is 19.1. The van der Waals surface area contributed by atoms with Gasteiger partial charge >= 0.3 is 0 Å². The first kappa shape index (κ1) is 22.3. The maximum Gasteiger partial charge on any atom is 0.265 e. The second kappa shape index (κ2) is 10.2. The summed E-state index contributed by atoms with van der Waals surface area (Å²) in [5, 5.41) is 7.56. The molecule has 0 spiro atoms. The van der Waals surface area contributed by atoms with Gasteiger partial charge < -0.3 is 24.7 Å². The number of thiophene rings is 1. The third-order valence-electron chi connectivity index (χ3n) is 5.15. The maximum atomic E-state index is 13.0. The molecule has 0 aliphatic rings. The second-order valence-electron chi connectivity index (χ2n) is 7.22. The highest BCUT2D eigenvalue weighted by atomic mass is 32.1. The summed E-state index contributed by atoms with van der Waals surface area (Å²) in [6.45, 7) is 1.17. The highest BCUT2D eigenvalue weighted by Gasteiger charge is 2.19. The Morgan fingerprint density at radius 2 is 1.82 bits per heavy atom. The molecule has 2 heterocycles. The minimum absolute atomic E-state index is 0.293. The molecule has 2 N–H and O–H groups in total. The minimum atomic E-state index is -0.312. The number of aryl methyl sites for hydroxylation is 1. The van der Waals surface area contributed by atoms with E-state index in [0.29, 0.717) is 40.7 Å². The normalized spacial score (nSPS) is 10.7. The molecule has 0 unspecified atom stereocenters. The molecule has 2 aromatic carbocycles. The Kier molecular flexibility index (Phi) is 6.89. The summed E-state index contributed by atoms with van der Waals surface area (Å²) in [6, 6.07) is 14.6. The van der Waals surface area contributed by atoms with E-state index in [0.717, 1.165) is 17.5 Å². The van der Waals surface area contributed by atoms with Gasteiger partial charge in [-0.2, -0.15) is 0 Å². The predicted octanol–water partition coefficient (Wildman–Crippen LogP) is 4.19. The predicted molar refractivity (Wildman–Crippen MR) is 129 cm³/mol. The van der Waals surface area contributed by atoms with Crippen molar-refractivity contribution in [2.75, 3.05) is 26.1 Å². The summed E-state index contributed by atoms with van der Waals surface area (Å²) in [4.78, 5) is 30.5. The van der Waals surface area contributed by atoms with Gasteiger partial charge in [-0.1, -0.05) is 18.2 Å². The fourth-order valence-corrected chi connectivity index (χ4v) is 4.12. The zero-order chi connectivity index (χ0) is 23.2. The van der Waals surface area contributed by atoms with Crippen molar-refractivity contribution in [3.05, 3.63) is 70.7 Å². The molecule has 170 valence electrons. The smallest absolute Gasteiger partial charge is 0.265 e. The first-order chi connectivity index (χ1) is 16.1. The van der Waals surface area contributed by atoms with Crippen LogP contribution in [0.15, 0.2) is 60.2 Å². The summed E-state index contributed by atoms with van der Waals surface area (Å²) in [5.41, 5.74) is 2.65. The molecule has 2 aromatic heterocycles. The van der Waals surface area contributed by atoms with Gasteiger partial charge in [0.25, 0.3) is 11.8 Å². The average molecular weight is 465 g/mol. The van der Waals surface area contributed by atoms with Crippen LogP contribution >= 0.6 is 11.3 Å². The van der Waals surface area contributed by atoms with Gasteiger partial charge in [-0.15, -0.1) is 11.3 Å². The molecule has 0 saturated carbocycles. The topological polar surface area (TPSA) is 94.5 Å². The summed E-state index contributed by atoms with van der Waals surface area (Å²) in [6.07, 6.45) is 2.52. The van der Waals surface area contributed by atoms with Gasteiger partial charge in [-0.3, -0.25) is 9.59 Å². The molecule has 9 heteroatoms. The van der Waals surface area contributed by atoms with Crippen molar-refractivity contribution in [3.8, 4) is 11.5 Å². The van der Waals surface area contributed by atoms with Crippen molar-refractivity contribution in [2.24, 2.45) is 0 Å². The van der Waals surface area contributed by atoms with Crippen LogP contribution in [-0.4, -0.2) is 42.1 Å². The number of imidazole rings is 1. The number of nitrogens with zero attached hydrogens (tertiary/aromatic N) is 2. The summed E-state index contributed by atoms with van der Waals surface area (Å²) < 4.78 is 12.8. The van der Waals surface area contributed by atoms with Crippen molar-refractivity contribution < 1.29 is 19.1 Å². The Balaban J connectivity index is 1.46. The van der Waals surface area contributed by atoms with Crippen molar-refractivity contribution in [2.45, 2.75) is 13.0 Å². The third-order valence-corrected chi connectivity index (χ3v) is 6.02. The summed E-state index contributed by atoms with van der Waals surface area (Å²) in [5.74, 6) is 0.218. The molecular formula is C24H24N4O4S. The number of nitrogens with one attached hydrogen (secondary N) is 2. The van der Waals surface area contributed by atoms with Gasteiger partial charge in [-0.05, 0) is 36.1 Å². The molecular weight excluding hydrogens is 440 g/mol. The van der Waals surface area contributed by atoms with E-state index in [2.05, 4.69) is 20.2 Å². The number of rotatable bonds is 9. The fraction of sp³-hybridized carbons (Fsp3) is 0.208. The number of anilines is 1. The molecule has 0 atom stereocenters. The first-order valence-electron chi connectivity index (χ1n) is 10.4. The average Bonchev–Trinajstić information content (AvgIpc) is 3.52. The van der Waals surface area contributed by atoms with Crippen molar-refractivity contribution >= 4 is 39.9 Å². The lowest BCUT2D eigenvalue weighted by Gasteiger charge is -2.15. The molecule has 0 saturated heterocycles. The first-order valence-corrected chi connectivity index (χ1v) is 11.3. The minimum Gasteiger partial charge on any atom is -0.493 e. The van der Waals surface area contributed by atoms with E-state index in [1.54, 1.807) is 30.6 Å². The number of carbonyl (C=O) groups is 2. The fourth-order valence-electron chi connectivity index (χ4n) is 3.50. The number of aromatic nitrogens is 2. The van der Waals surface area contributed by atoms with E-state index in [4.69, 9.17) is 9.47 Å². The highest BCUT2D eigenvalue weighted by Crippen LogP contribution is 2.33. The Labute approximate surface area is 195 Å². The van der Waals surface area contributed by atoms with Gasteiger partial charge in [0.15, 0.2) is 11.5 Å². The zero-order valence-electron chi connectivity index (χ0n) is 18.3. The van der Waals surface area contributed by atoms with Crippen LogP contribution in [0, 0.1) is 0 Å². The van der Waals surface area contributed by atoms with Crippen LogP contribution in [-0.2, 0) is 6.54 Å². The van der Waals surface area contributed by atoms with E-state index in [1.807, 2.05) is 29.6 Å². The molecule has 2 amide bonds. The van der Waals surface area contributed by atoms with Crippen LogP contribution < -0.4 is 20.1 Å². The lowest BCUT2D eigenvalue weighted by Crippen LogP contribution is -2.27. The van der Waals surface area contributed by atoms with E-state index in [1.165, 1.54) is 25.6 Å². The quantitative estimate of drug-likeness (QED) is 0.362. The number of para-hydroxylation sites is 2. The molecule has 0 fully saturated rings. The molecule has 0 bridgehead atoms. The van der Waals surface area contributed by atoms with E-state index >= 15 is 0 Å².